The molecule has 1 aliphatic heterocycles. The largest absolute Gasteiger partial charge is 0.300 e. The van der Waals surface area contributed by atoms with E-state index in [1.54, 1.807) is 0 Å². The Morgan fingerprint density at radius 3 is 2.43 bits per heavy atom. The third-order valence-electron chi connectivity index (χ3n) is 5.72. The fourth-order valence-electron chi connectivity index (χ4n) is 4.33. The van der Waals surface area contributed by atoms with Crippen molar-refractivity contribution in [3.05, 3.63) is 0 Å². The molecule has 0 radical (unpaired) electrons. The lowest BCUT2D eigenvalue weighted by Crippen LogP contribution is -2.54. The van der Waals surface area contributed by atoms with E-state index in [4.69, 9.17) is 0 Å². The van der Waals surface area contributed by atoms with Gasteiger partial charge in [-0.25, -0.2) is 0 Å². The number of hydrogen-bond acceptors (Lipinski definition) is 3. The van der Waals surface area contributed by atoms with E-state index < -0.39 is 0 Å². The van der Waals surface area contributed by atoms with E-state index in [9.17, 15) is 5.26 Å². The Labute approximate surface area is 131 Å². The van der Waals surface area contributed by atoms with Crippen LogP contribution in [0.1, 0.15) is 66.2 Å². The van der Waals surface area contributed by atoms with Crippen LogP contribution in [0.2, 0.25) is 0 Å². The summed E-state index contributed by atoms with van der Waals surface area (Å²) in [4.78, 5) is 2.67. The second-order valence-corrected chi connectivity index (χ2v) is 8.15. The molecule has 2 unspecified atom stereocenters. The van der Waals surface area contributed by atoms with Gasteiger partial charge in [0.05, 0.1) is 6.07 Å². The zero-order valence-electron chi connectivity index (χ0n) is 14.4. The van der Waals surface area contributed by atoms with Crippen molar-refractivity contribution in [2.45, 2.75) is 77.8 Å². The molecular weight excluding hydrogens is 258 g/mol. The summed E-state index contributed by atoms with van der Waals surface area (Å²) >= 11 is 0. The quantitative estimate of drug-likeness (QED) is 0.864. The van der Waals surface area contributed by atoms with Crippen molar-refractivity contribution in [1.29, 1.82) is 5.26 Å². The van der Waals surface area contributed by atoms with E-state index >= 15 is 0 Å². The molecule has 0 amide bonds. The maximum absolute atomic E-state index is 9.61. The van der Waals surface area contributed by atoms with Gasteiger partial charge in [-0.15, -0.1) is 0 Å². The van der Waals surface area contributed by atoms with Crippen molar-refractivity contribution < 1.29 is 0 Å². The standard InChI is InChI=1S/C18H33N3/c1-5-20-18(14-19)10-6-7-16(13-18)21-11-8-15(9-12-21)17(2,3)4/h15-16,20H,5-13H2,1-4H3. The van der Waals surface area contributed by atoms with Gasteiger partial charge < -0.3 is 4.90 Å². The highest BCUT2D eigenvalue weighted by molar-refractivity contribution is 5.11. The first-order valence-electron chi connectivity index (χ1n) is 8.80. The number of nitrogens with one attached hydrogen (secondary N) is 1. The van der Waals surface area contributed by atoms with Gasteiger partial charge in [-0.2, -0.15) is 5.26 Å². The van der Waals surface area contributed by atoms with Crippen molar-refractivity contribution in [2.75, 3.05) is 19.6 Å². The molecule has 3 nitrogen and oxygen atoms in total. The molecule has 0 aromatic heterocycles. The summed E-state index contributed by atoms with van der Waals surface area (Å²) in [5.74, 6) is 0.854. The molecule has 0 aromatic rings. The molecule has 2 rings (SSSR count). The highest BCUT2D eigenvalue weighted by atomic mass is 15.2. The molecule has 1 aliphatic carbocycles. The molecule has 1 heterocycles. The van der Waals surface area contributed by atoms with Crippen LogP contribution in [0.25, 0.3) is 0 Å². The van der Waals surface area contributed by atoms with Gasteiger partial charge in [0.15, 0.2) is 0 Å². The predicted octanol–water partition coefficient (Wildman–Crippen LogP) is 3.56. The summed E-state index contributed by atoms with van der Waals surface area (Å²) in [6, 6.07) is 3.19. The van der Waals surface area contributed by atoms with Gasteiger partial charge in [0, 0.05) is 6.04 Å². The molecule has 0 bridgehead atoms. The molecule has 21 heavy (non-hydrogen) atoms. The predicted molar refractivity (Wildman–Crippen MR) is 88.0 cm³/mol. The summed E-state index contributed by atoms with van der Waals surface area (Å²) in [5.41, 5.74) is 0.178. The highest BCUT2D eigenvalue weighted by Gasteiger charge is 2.39. The summed E-state index contributed by atoms with van der Waals surface area (Å²) in [6.45, 7) is 12.6. The monoisotopic (exact) mass is 291 g/mol. The Morgan fingerprint density at radius 2 is 1.90 bits per heavy atom. The minimum atomic E-state index is -0.265. The summed E-state index contributed by atoms with van der Waals surface area (Å²) in [7, 11) is 0. The van der Waals surface area contributed by atoms with E-state index in [1.807, 2.05) is 0 Å². The molecule has 0 aromatic carbocycles. The number of piperidine rings is 1. The first-order valence-corrected chi connectivity index (χ1v) is 8.80. The normalized spacial score (nSPS) is 32.8. The molecule has 3 heteroatoms. The molecule has 0 spiro atoms. The van der Waals surface area contributed by atoms with Crippen molar-refractivity contribution in [3.8, 4) is 6.07 Å². The lowest BCUT2D eigenvalue weighted by molar-refractivity contribution is 0.0549. The molecule has 1 saturated heterocycles. The van der Waals surface area contributed by atoms with Crippen molar-refractivity contribution in [3.63, 3.8) is 0 Å². The van der Waals surface area contributed by atoms with E-state index in [0.717, 1.165) is 25.3 Å². The zero-order valence-corrected chi connectivity index (χ0v) is 14.4. The number of likely N-dealkylation sites (tertiary alicyclic amines) is 1. The van der Waals surface area contributed by atoms with Gasteiger partial charge in [0.2, 0.25) is 0 Å². The highest BCUT2D eigenvalue weighted by Crippen LogP contribution is 2.37. The molecule has 2 atom stereocenters. The summed E-state index contributed by atoms with van der Waals surface area (Å²) < 4.78 is 0. The Morgan fingerprint density at radius 1 is 1.24 bits per heavy atom. The zero-order chi connectivity index (χ0) is 15.5. The first kappa shape index (κ1) is 16.8. The van der Waals surface area contributed by atoms with Crippen molar-refractivity contribution >= 4 is 0 Å². The van der Waals surface area contributed by atoms with E-state index in [0.29, 0.717) is 11.5 Å². The summed E-state index contributed by atoms with van der Waals surface area (Å²) in [5, 5.41) is 13.1. The first-order chi connectivity index (χ1) is 9.90. The molecule has 1 N–H and O–H groups in total. The van der Waals surface area contributed by atoms with Crippen LogP contribution >= 0.6 is 0 Å². The fraction of sp³-hybridized carbons (Fsp3) is 0.944. The third kappa shape index (κ3) is 3.99. The third-order valence-corrected chi connectivity index (χ3v) is 5.72. The fourth-order valence-corrected chi connectivity index (χ4v) is 4.33. The van der Waals surface area contributed by atoms with E-state index in [-0.39, 0.29) is 5.54 Å². The molecule has 120 valence electrons. The van der Waals surface area contributed by atoms with Crippen LogP contribution < -0.4 is 5.32 Å². The smallest absolute Gasteiger partial charge is 0.108 e. The van der Waals surface area contributed by atoms with Crippen LogP contribution in [0.4, 0.5) is 0 Å². The second-order valence-electron chi connectivity index (χ2n) is 8.15. The molecule has 2 fully saturated rings. The lowest BCUT2D eigenvalue weighted by Gasteiger charge is -2.46. The molecule has 1 saturated carbocycles. The molecular formula is C18H33N3. The minimum Gasteiger partial charge on any atom is -0.300 e. The Hall–Kier alpha value is -0.590. The van der Waals surface area contributed by atoms with E-state index in [1.165, 1.54) is 38.8 Å². The van der Waals surface area contributed by atoms with Gasteiger partial charge in [-0.3, -0.25) is 5.32 Å². The van der Waals surface area contributed by atoms with Gasteiger partial charge in [0.25, 0.3) is 0 Å². The van der Waals surface area contributed by atoms with Crippen LogP contribution in [0.3, 0.4) is 0 Å². The average Bonchev–Trinajstić information content (AvgIpc) is 2.47. The maximum atomic E-state index is 9.61. The number of nitriles is 1. The SMILES string of the molecule is CCNC1(C#N)CCCC(N2CCC(C(C)(C)C)CC2)C1. The Bertz CT molecular complexity index is 367. The van der Waals surface area contributed by atoms with Crippen LogP contribution in [0, 0.1) is 22.7 Å². The molecule has 2 aliphatic rings. The second kappa shape index (κ2) is 6.67. The lowest BCUT2D eigenvalue weighted by atomic mass is 9.74. The Balaban J connectivity index is 1.93. The van der Waals surface area contributed by atoms with Gasteiger partial charge in [-0.05, 0) is 69.5 Å². The van der Waals surface area contributed by atoms with E-state index in [2.05, 4.69) is 44.0 Å². The minimum absolute atomic E-state index is 0.265. The van der Waals surface area contributed by atoms with Crippen LogP contribution in [0.5, 0.6) is 0 Å². The number of hydrogen-bond donors (Lipinski definition) is 1. The van der Waals surface area contributed by atoms with Gasteiger partial charge >= 0.3 is 0 Å². The number of nitrogens with zero attached hydrogens (tertiary/aromatic N) is 2. The Kier molecular flexibility index (Phi) is 5.33. The van der Waals surface area contributed by atoms with Crippen LogP contribution in [-0.2, 0) is 0 Å². The topological polar surface area (TPSA) is 39.1 Å². The van der Waals surface area contributed by atoms with Gasteiger partial charge in [-0.1, -0.05) is 27.7 Å². The van der Waals surface area contributed by atoms with Crippen LogP contribution in [0.15, 0.2) is 0 Å². The average molecular weight is 291 g/mol. The summed E-state index contributed by atoms with van der Waals surface area (Å²) in [6.07, 6.45) is 7.13. The van der Waals surface area contributed by atoms with Crippen molar-refractivity contribution in [2.24, 2.45) is 11.3 Å². The van der Waals surface area contributed by atoms with Crippen molar-refractivity contribution in [1.82, 2.24) is 10.2 Å². The number of rotatable bonds is 3. The van der Waals surface area contributed by atoms with Crippen LogP contribution in [-0.4, -0.2) is 36.1 Å². The van der Waals surface area contributed by atoms with Gasteiger partial charge in [0.1, 0.15) is 5.54 Å². The maximum Gasteiger partial charge on any atom is 0.108 e.